The first-order chi connectivity index (χ1) is 10.4. The van der Waals surface area contributed by atoms with Crippen LogP contribution in [0.4, 0.5) is 0 Å². The van der Waals surface area contributed by atoms with E-state index in [9.17, 15) is 14.7 Å². The molecule has 22 heavy (non-hydrogen) atoms. The Labute approximate surface area is 131 Å². The van der Waals surface area contributed by atoms with Crippen molar-refractivity contribution in [1.82, 2.24) is 10.6 Å². The van der Waals surface area contributed by atoms with E-state index in [2.05, 4.69) is 10.6 Å². The molecule has 1 heterocycles. The first kappa shape index (κ1) is 18.6. The maximum atomic E-state index is 11.5. The molecule has 1 fully saturated rings. The molecule has 1 saturated heterocycles. The van der Waals surface area contributed by atoms with E-state index in [1.165, 1.54) is 6.92 Å². The molecular formula is C15H26N2O5. The van der Waals surface area contributed by atoms with E-state index >= 15 is 0 Å². The van der Waals surface area contributed by atoms with Crippen LogP contribution in [0.1, 0.15) is 20.3 Å². The van der Waals surface area contributed by atoms with Crippen LogP contribution >= 0.6 is 0 Å². The molecule has 0 saturated carbocycles. The Morgan fingerprint density at radius 3 is 2.59 bits per heavy atom. The number of hydrogen-bond acceptors (Lipinski definition) is 5. The molecule has 1 amide bonds. The van der Waals surface area contributed by atoms with Gasteiger partial charge in [0.25, 0.3) is 0 Å². The summed E-state index contributed by atoms with van der Waals surface area (Å²) >= 11 is 0. The monoisotopic (exact) mass is 314 g/mol. The number of allylic oxidation sites excluding steroid dienone is 1. The highest BCUT2D eigenvalue weighted by molar-refractivity contribution is 5.75. The second kappa shape index (κ2) is 8.87. The Kier molecular flexibility index (Phi) is 7.50. The van der Waals surface area contributed by atoms with Crippen LogP contribution in [0.25, 0.3) is 0 Å². The first-order valence-electron chi connectivity index (χ1n) is 7.35. The van der Waals surface area contributed by atoms with Crippen molar-refractivity contribution in [3.05, 3.63) is 12.2 Å². The van der Waals surface area contributed by atoms with Gasteiger partial charge in [0.2, 0.25) is 5.91 Å². The van der Waals surface area contributed by atoms with Crippen molar-refractivity contribution >= 4 is 11.9 Å². The van der Waals surface area contributed by atoms with E-state index in [4.69, 9.17) is 9.47 Å². The van der Waals surface area contributed by atoms with Crippen molar-refractivity contribution in [2.75, 3.05) is 20.8 Å². The van der Waals surface area contributed by atoms with E-state index in [1.807, 2.05) is 19.1 Å². The van der Waals surface area contributed by atoms with Crippen molar-refractivity contribution in [3.63, 3.8) is 0 Å². The predicted molar refractivity (Wildman–Crippen MR) is 81.5 cm³/mol. The second-order valence-corrected chi connectivity index (χ2v) is 5.46. The highest BCUT2D eigenvalue weighted by atomic mass is 16.5. The van der Waals surface area contributed by atoms with Crippen LogP contribution in [0.5, 0.6) is 0 Å². The summed E-state index contributed by atoms with van der Waals surface area (Å²) in [5.41, 5.74) is 0. The maximum absolute atomic E-state index is 11.5. The lowest BCUT2D eigenvalue weighted by molar-refractivity contribution is -0.139. The Bertz CT molecular complexity index is 413. The van der Waals surface area contributed by atoms with Gasteiger partial charge in [-0.1, -0.05) is 12.2 Å². The van der Waals surface area contributed by atoms with Gasteiger partial charge in [0.15, 0.2) is 0 Å². The zero-order valence-corrected chi connectivity index (χ0v) is 13.5. The number of ether oxygens (including phenoxy) is 2. The molecule has 1 rings (SSSR count). The van der Waals surface area contributed by atoms with Crippen LogP contribution < -0.4 is 10.6 Å². The van der Waals surface area contributed by atoms with Crippen LogP contribution in [-0.4, -0.2) is 62.0 Å². The average molecular weight is 314 g/mol. The quantitative estimate of drug-likeness (QED) is 0.552. The molecule has 0 radical (unpaired) electrons. The summed E-state index contributed by atoms with van der Waals surface area (Å²) < 4.78 is 10.6. The Hall–Kier alpha value is -1.44. The van der Waals surface area contributed by atoms with Gasteiger partial charge < -0.3 is 19.9 Å². The largest absolute Gasteiger partial charge is 0.480 e. The Morgan fingerprint density at radius 2 is 2.14 bits per heavy atom. The maximum Gasteiger partial charge on any atom is 0.320 e. The molecular weight excluding hydrogens is 288 g/mol. The molecule has 5 atom stereocenters. The second-order valence-electron chi connectivity index (χ2n) is 5.46. The number of carboxylic acids is 1. The highest BCUT2D eigenvalue weighted by Crippen LogP contribution is 2.26. The molecule has 1 aliphatic rings. The molecule has 3 N–H and O–H groups in total. The molecule has 0 bridgehead atoms. The molecule has 1 aliphatic heterocycles. The van der Waals surface area contributed by atoms with Gasteiger partial charge >= 0.3 is 5.97 Å². The Balaban J connectivity index is 3.02. The van der Waals surface area contributed by atoms with Gasteiger partial charge in [0.1, 0.15) is 12.1 Å². The molecule has 0 aliphatic carbocycles. The molecule has 0 unspecified atom stereocenters. The number of carbonyl (C=O) groups excluding carboxylic acids is 1. The summed E-state index contributed by atoms with van der Waals surface area (Å²) in [6, 6.07) is -1.25. The molecule has 0 aromatic heterocycles. The van der Waals surface area contributed by atoms with E-state index in [-0.39, 0.29) is 30.0 Å². The van der Waals surface area contributed by atoms with E-state index in [1.54, 1.807) is 14.2 Å². The number of aliphatic carboxylic acids is 1. The molecule has 0 aromatic rings. The summed E-state index contributed by atoms with van der Waals surface area (Å²) in [6.07, 6.45) is 3.97. The van der Waals surface area contributed by atoms with Crippen molar-refractivity contribution < 1.29 is 24.2 Å². The van der Waals surface area contributed by atoms with Gasteiger partial charge in [0, 0.05) is 27.2 Å². The molecule has 0 aromatic carbocycles. The summed E-state index contributed by atoms with van der Waals surface area (Å²) in [6.45, 7) is 3.63. The number of carbonyl (C=O) groups is 2. The summed E-state index contributed by atoms with van der Waals surface area (Å²) in [5, 5.41) is 15.2. The predicted octanol–water partition coefficient (Wildman–Crippen LogP) is 0.160. The number of methoxy groups -OCH3 is 2. The standard InChI is InChI=1S/C15H26N2O5/c1-5-6-10-7-11(15(19)20)17-13(10)14(16-9(2)18)12(22-4)8-21-3/h5-6,10-14,17H,7-8H2,1-4H3,(H,16,18)(H,19,20)/t10-,11-,12+,13-,14+/m1/s1. The van der Waals surface area contributed by atoms with Crippen molar-refractivity contribution in [3.8, 4) is 0 Å². The molecule has 7 nitrogen and oxygen atoms in total. The lowest BCUT2D eigenvalue weighted by Gasteiger charge is -2.33. The Morgan fingerprint density at radius 1 is 1.45 bits per heavy atom. The smallest absolute Gasteiger partial charge is 0.320 e. The number of hydrogen-bond donors (Lipinski definition) is 3. The summed E-state index contributed by atoms with van der Waals surface area (Å²) in [7, 11) is 3.11. The minimum absolute atomic E-state index is 0.00236. The summed E-state index contributed by atoms with van der Waals surface area (Å²) in [4.78, 5) is 22.8. The lowest BCUT2D eigenvalue weighted by Crippen LogP contribution is -2.58. The number of nitrogens with one attached hydrogen (secondary N) is 2. The highest BCUT2D eigenvalue weighted by Gasteiger charge is 2.43. The van der Waals surface area contributed by atoms with E-state index in [0.717, 1.165) is 0 Å². The molecule has 7 heteroatoms. The van der Waals surface area contributed by atoms with Crippen molar-refractivity contribution in [1.29, 1.82) is 0 Å². The fraction of sp³-hybridized carbons (Fsp3) is 0.733. The third-order valence-electron chi connectivity index (χ3n) is 3.89. The van der Waals surface area contributed by atoms with E-state index < -0.39 is 12.0 Å². The van der Waals surface area contributed by atoms with Crippen molar-refractivity contribution in [2.24, 2.45) is 5.92 Å². The van der Waals surface area contributed by atoms with Gasteiger partial charge in [-0.3, -0.25) is 14.9 Å². The lowest BCUT2D eigenvalue weighted by atomic mass is 9.90. The minimum Gasteiger partial charge on any atom is -0.480 e. The van der Waals surface area contributed by atoms with Gasteiger partial charge in [0.05, 0.1) is 12.6 Å². The van der Waals surface area contributed by atoms with Gasteiger partial charge in [-0.25, -0.2) is 0 Å². The third kappa shape index (κ3) is 4.79. The van der Waals surface area contributed by atoms with Gasteiger partial charge in [-0.05, 0) is 19.3 Å². The van der Waals surface area contributed by atoms with Crippen LogP contribution in [0, 0.1) is 5.92 Å². The zero-order chi connectivity index (χ0) is 16.7. The fourth-order valence-electron chi connectivity index (χ4n) is 2.96. The SMILES string of the molecule is CC=C[C@@H]1C[C@H](C(=O)O)N[C@H]1[C@@H](NC(C)=O)[C@H](COC)OC. The van der Waals surface area contributed by atoms with Crippen LogP contribution in [0.3, 0.4) is 0 Å². The topological polar surface area (TPSA) is 96.9 Å². The number of amides is 1. The number of carboxylic acid groups (broad SMARTS) is 1. The minimum atomic E-state index is -0.890. The summed E-state index contributed by atoms with van der Waals surface area (Å²) in [5.74, 6) is -1.08. The van der Waals surface area contributed by atoms with Crippen LogP contribution in [0.15, 0.2) is 12.2 Å². The van der Waals surface area contributed by atoms with Crippen molar-refractivity contribution in [2.45, 2.75) is 44.5 Å². The molecule has 126 valence electrons. The fourth-order valence-corrected chi connectivity index (χ4v) is 2.96. The average Bonchev–Trinajstić information content (AvgIpc) is 2.87. The van der Waals surface area contributed by atoms with Gasteiger partial charge in [-0.2, -0.15) is 0 Å². The van der Waals surface area contributed by atoms with Crippen LogP contribution in [0.2, 0.25) is 0 Å². The normalized spacial score (nSPS) is 27.7. The number of rotatable bonds is 8. The van der Waals surface area contributed by atoms with Crippen LogP contribution in [-0.2, 0) is 19.1 Å². The zero-order valence-electron chi connectivity index (χ0n) is 13.5. The van der Waals surface area contributed by atoms with E-state index in [0.29, 0.717) is 13.0 Å². The first-order valence-corrected chi connectivity index (χ1v) is 7.35. The third-order valence-corrected chi connectivity index (χ3v) is 3.89. The van der Waals surface area contributed by atoms with Gasteiger partial charge in [-0.15, -0.1) is 0 Å². The molecule has 0 spiro atoms.